The fourth-order valence-corrected chi connectivity index (χ4v) is 16.3. The molecule has 8 amide bonds. The van der Waals surface area contributed by atoms with Crippen molar-refractivity contribution in [1.82, 2.24) is 47.5 Å². The van der Waals surface area contributed by atoms with E-state index in [2.05, 4.69) is 58.0 Å². The fourth-order valence-electron chi connectivity index (χ4n) is 15.9. The fraction of sp³-hybridized carbons (Fsp3) is 0.407. The summed E-state index contributed by atoms with van der Waals surface area (Å²) in [4.78, 5) is 132. The van der Waals surface area contributed by atoms with Crippen LogP contribution in [0.15, 0.2) is 121 Å². The maximum atomic E-state index is 16.3. The van der Waals surface area contributed by atoms with Gasteiger partial charge in [-0.05, 0) is 145 Å². The zero-order valence-corrected chi connectivity index (χ0v) is 71.3. The molecule has 130 heavy (non-hydrogen) atoms. The summed E-state index contributed by atoms with van der Waals surface area (Å²) in [6, 6.07) is 8.52. The monoisotopic (exact) mass is 1850 g/mol. The van der Waals surface area contributed by atoms with Crippen LogP contribution in [0.2, 0.25) is 10.0 Å². The molecule has 0 spiro atoms. The van der Waals surface area contributed by atoms with Crippen molar-refractivity contribution in [2.45, 2.75) is 176 Å². The van der Waals surface area contributed by atoms with Crippen LogP contribution in [0.3, 0.4) is 0 Å². The third kappa shape index (κ3) is 22.0. The first-order chi connectivity index (χ1) is 61.6. The normalized spacial score (nSPS) is 26.4. The Bertz CT molecular complexity index is 5450. The van der Waals surface area contributed by atoms with E-state index in [1.807, 2.05) is 5.01 Å². The number of anilines is 2. The number of nitrogens with one attached hydrogen (secondary N) is 10. The number of aliphatic hydroxyl groups excluding tert-OH is 6. The first kappa shape index (κ1) is 95.6. The van der Waals surface area contributed by atoms with E-state index in [4.69, 9.17) is 62.1 Å². The van der Waals surface area contributed by atoms with Gasteiger partial charge < -0.3 is 148 Å². The van der Waals surface area contributed by atoms with Crippen LogP contribution in [0.1, 0.15) is 116 Å². The van der Waals surface area contributed by atoms with Gasteiger partial charge in [-0.1, -0.05) is 73.4 Å². The highest BCUT2D eigenvalue weighted by atomic mass is 35.5. The molecule has 44 heteroatoms. The number of carboxylic acids is 1. The molecule has 15 rings (SSSR count). The summed E-state index contributed by atoms with van der Waals surface area (Å²) in [5, 5.41) is 142. The van der Waals surface area contributed by atoms with Gasteiger partial charge in [-0.3, -0.25) is 38.4 Å². The van der Waals surface area contributed by atoms with Gasteiger partial charge in [-0.15, -0.1) is 13.2 Å². The topological polar surface area (TPSA) is 579 Å². The van der Waals surface area contributed by atoms with Crippen LogP contribution in [0.4, 0.5) is 24.5 Å². The molecule has 22 N–H and O–H groups in total. The highest BCUT2D eigenvalue weighted by Crippen LogP contribution is 2.50. The zero-order chi connectivity index (χ0) is 93.8. The van der Waals surface area contributed by atoms with Crippen LogP contribution in [-0.2, 0) is 75.1 Å². The lowest BCUT2D eigenvalue weighted by Gasteiger charge is -2.48. The Morgan fingerprint density at radius 1 is 0.692 bits per heavy atom. The van der Waals surface area contributed by atoms with Gasteiger partial charge in [0, 0.05) is 54.4 Å². The molecule has 0 saturated carbocycles. The second-order valence-electron chi connectivity index (χ2n) is 32.5. The van der Waals surface area contributed by atoms with Gasteiger partial charge >= 0.3 is 12.3 Å². The van der Waals surface area contributed by atoms with E-state index in [9.17, 15) is 83.4 Å². The molecule has 7 aromatic carbocycles. The number of benzene rings is 7. The molecule has 2 unspecified atom stereocenters. The number of carbonyl (C=O) groups excluding carboxylic acids is 8. The van der Waals surface area contributed by atoms with E-state index in [1.54, 1.807) is 39.0 Å². The average molecular weight is 1860 g/mol. The minimum Gasteiger partial charge on any atom is -0.508 e. The summed E-state index contributed by atoms with van der Waals surface area (Å²) >= 11 is 14.3. The number of carbonyl (C=O) groups is 9. The van der Waals surface area contributed by atoms with E-state index >= 15 is 24.0 Å². The summed E-state index contributed by atoms with van der Waals surface area (Å²) in [6.07, 6.45) is -25.1. The first-order valence-electron chi connectivity index (χ1n) is 40.9. The first-order valence-corrected chi connectivity index (χ1v) is 41.7. The number of fused-ring (bicyclic) bond motifs is 15. The molecule has 0 aliphatic carbocycles. The number of rotatable bonds is 22. The number of aliphatic carboxylic acids is 1. The number of hydrazine groups is 1. The van der Waals surface area contributed by atoms with Crippen molar-refractivity contribution in [2.75, 3.05) is 50.7 Å². The number of phenolic OH excluding ortho intramolecular Hbond substituents is 3. The summed E-state index contributed by atoms with van der Waals surface area (Å²) < 4.78 is 88.2. The third-order valence-corrected chi connectivity index (χ3v) is 23.2. The Labute approximate surface area is 748 Å². The number of hydrogen-bond donors (Lipinski definition) is 21. The lowest BCUT2D eigenvalue weighted by Crippen LogP contribution is -2.65. The maximum absolute atomic E-state index is 16.3. The van der Waals surface area contributed by atoms with Gasteiger partial charge in [0.2, 0.25) is 59.3 Å². The number of carboxylic acid groups (broad SMARTS) is 1. The number of hydrogen-bond acceptors (Lipinski definition) is 30. The number of nitrogens with zero attached hydrogens (tertiary/aromatic N) is 1. The quantitative estimate of drug-likeness (QED) is 0.0460. The molecule has 18 atom stereocenters. The van der Waals surface area contributed by atoms with Crippen molar-refractivity contribution in [3.8, 4) is 62.9 Å². The molecule has 0 radical (unpaired) electrons. The van der Waals surface area contributed by atoms with Crippen molar-refractivity contribution in [2.24, 2.45) is 11.7 Å². The number of phenols is 3. The second kappa shape index (κ2) is 40.2. The Morgan fingerprint density at radius 3 is 1.95 bits per heavy atom. The number of aromatic hydroxyl groups is 3. The van der Waals surface area contributed by atoms with Gasteiger partial charge in [0.05, 0.1) is 72.3 Å². The van der Waals surface area contributed by atoms with Gasteiger partial charge in [0.15, 0.2) is 29.9 Å². The molecular weight excluding hydrogens is 1760 g/mol. The maximum Gasteiger partial charge on any atom is 0.573 e. The predicted octanol–water partition coefficient (Wildman–Crippen LogP) is 3.68. The summed E-state index contributed by atoms with van der Waals surface area (Å²) in [7, 11) is 1.46. The predicted molar refractivity (Wildman–Crippen MR) is 450 cm³/mol. The van der Waals surface area contributed by atoms with Crippen LogP contribution >= 0.6 is 23.2 Å². The number of nitrogens with two attached hydrogens (primary N) is 1. The second-order valence-corrected chi connectivity index (χ2v) is 33.3. The number of halogens is 5. The molecule has 11 bridgehead atoms. The van der Waals surface area contributed by atoms with E-state index in [1.165, 1.54) is 38.2 Å². The van der Waals surface area contributed by atoms with Crippen LogP contribution in [0.5, 0.6) is 51.7 Å². The number of alkyl halides is 3. The standard InChI is InChI=1S/C86H95Cl2F3N12O27/c1-36(2)22-52(93-5)77(115)100-68-70(110)41-10-16-56(48(87)26-41)125-58-28-43-29-59(74(58)129-84-75(73(113)72(112)60(35-104)127-84)128-63-33-85(4,76(114)37(3)124-63)94-34-39-8-14-50(102-103-18-20-123-21-19-103)51(23-39)95-62(109)24-38-6-12-45(13-7-38)130-86(89,90)91)126-57-17-11-42(27-49(57)88)71(111)69-82(120)99-67(83(121)122)47-30-44(105)31-55(107)64(47)46-25-40(9-15-54(46)106)65(79(117)101-69)98-80(118)66(43)97-78(116)53(32-61(92)108)96-81(68)119/h6-17,23,25-31,36-37,52-53,60,63,65-73,75-76,84,93-94,102,104-107,110-114H,18-22,24,32-35H2,1-5H3,(H2,92,108)(H,95,109)(H,96,119)(H,97,116)(H,98,118)(H,99,120)(H,100,115)(H,101,117)(H,121,122)/t37-,52+,53?,60+,63-,65+,66?,67+,68+,69-,70+,71+,72+,73-,75+,76+,84-,85-/m0/s1. The Morgan fingerprint density at radius 2 is 1.32 bits per heavy atom. The van der Waals surface area contributed by atoms with Gasteiger partial charge in [0.25, 0.3) is 0 Å². The van der Waals surface area contributed by atoms with Crippen LogP contribution in [0, 0.1) is 5.92 Å². The molecule has 7 aromatic rings. The summed E-state index contributed by atoms with van der Waals surface area (Å²) in [5.74, 6) is -17.7. The molecule has 8 aliphatic rings. The zero-order valence-electron chi connectivity index (χ0n) is 69.8. The van der Waals surface area contributed by atoms with Crippen molar-refractivity contribution >= 4 is 87.8 Å². The molecule has 3 fully saturated rings. The largest absolute Gasteiger partial charge is 0.573 e. The third-order valence-electron chi connectivity index (χ3n) is 22.6. The Kier molecular flexibility index (Phi) is 29.5. The van der Waals surface area contributed by atoms with Crippen molar-refractivity contribution in [1.29, 1.82) is 0 Å². The van der Waals surface area contributed by atoms with Crippen LogP contribution in [-0.4, -0.2) is 235 Å². The molecular formula is C86H95Cl2F3N12O27. The highest BCUT2D eigenvalue weighted by molar-refractivity contribution is 6.32. The molecule has 0 aromatic heterocycles. The Hall–Kier alpha value is -12.0. The number of amides is 8. The lowest BCUT2D eigenvalue weighted by atomic mass is 9.84. The molecule has 696 valence electrons. The average Bonchev–Trinajstić information content (AvgIpc) is 0.762. The SMILES string of the molecule is CN[C@H](CC(C)C)C(=O)N[C@H]1C(=O)NC(CC(N)=O)C(=O)NC2C(=O)N[C@H]3C(=O)N[C@H](C(=O)N[C@@H](C(=O)O)c4cc(O)cc(O)c4-c4cc3ccc4O)[C@H](O)c3ccc(c(Cl)c3)Oc3cc2cc(c3O[C@@H]2O[C@H](CO)[C@@H](O)[C@H](O)[C@H]2O[C@H]2C[C@](C)(NCc3ccc(NN4CCOCC4)c(NC(=O)Cc4ccc(OC(F)(F)F)cc4)c3)[C@H](O)[C@H](C)O2)Oc2ccc(cc2Cl)[C@H]1O. The van der Waals surface area contributed by atoms with Crippen molar-refractivity contribution in [3.63, 3.8) is 0 Å². The highest BCUT2D eigenvalue weighted by Gasteiger charge is 2.53. The van der Waals surface area contributed by atoms with Crippen molar-refractivity contribution < 1.29 is 145 Å². The van der Waals surface area contributed by atoms with E-state index in [0.717, 1.165) is 78.9 Å². The van der Waals surface area contributed by atoms with E-state index < -0.39 is 271 Å². The molecule has 8 aliphatic heterocycles. The van der Waals surface area contributed by atoms with E-state index in [-0.39, 0.29) is 48.5 Å². The van der Waals surface area contributed by atoms with Gasteiger partial charge in [-0.2, -0.15) is 0 Å². The smallest absolute Gasteiger partial charge is 0.508 e. The van der Waals surface area contributed by atoms with E-state index in [0.29, 0.717) is 43.1 Å². The molecule has 39 nitrogen and oxygen atoms in total. The summed E-state index contributed by atoms with van der Waals surface area (Å²) in [6.45, 7) is 7.31. The van der Waals surface area contributed by atoms with Crippen molar-refractivity contribution in [3.05, 3.63) is 170 Å². The lowest BCUT2D eigenvalue weighted by molar-refractivity contribution is -0.334. The Balaban J connectivity index is 0.933. The number of ether oxygens (including phenoxy) is 8. The van der Waals surface area contributed by atoms with Gasteiger partial charge in [0.1, 0.15) is 95.2 Å². The number of primary amides is 1. The van der Waals surface area contributed by atoms with Gasteiger partial charge in [-0.25, -0.2) is 9.80 Å². The molecule has 3 saturated heterocycles. The van der Waals surface area contributed by atoms with Crippen LogP contribution in [0.25, 0.3) is 11.1 Å². The number of likely N-dealkylation sites (N-methyl/N-ethyl adjacent to an activating group) is 1. The minimum atomic E-state index is -4.95. The number of morpholine rings is 1. The minimum absolute atomic E-state index is 0.0591. The molecule has 8 heterocycles. The van der Waals surface area contributed by atoms with Crippen LogP contribution < -0.4 is 78.0 Å². The summed E-state index contributed by atoms with van der Waals surface area (Å²) in [5.41, 5.74) is 6.14. The number of aliphatic hydroxyl groups is 6.